The predicted molar refractivity (Wildman–Crippen MR) is 82.1 cm³/mol. The lowest BCUT2D eigenvalue weighted by Crippen LogP contribution is -2.11. The van der Waals surface area contributed by atoms with Gasteiger partial charge in [0, 0.05) is 5.39 Å². The highest BCUT2D eigenvalue weighted by molar-refractivity contribution is 6.00. The van der Waals surface area contributed by atoms with Gasteiger partial charge in [0.15, 0.2) is 0 Å². The van der Waals surface area contributed by atoms with Crippen molar-refractivity contribution in [1.29, 1.82) is 0 Å². The van der Waals surface area contributed by atoms with Gasteiger partial charge in [-0.25, -0.2) is 9.78 Å². The summed E-state index contributed by atoms with van der Waals surface area (Å²) in [4.78, 5) is 16.4. The van der Waals surface area contributed by atoms with E-state index in [1.165, 1.54) is 6.07 Å². The normalized spacial score (nSPS) is 12.1. The van der Waals surface area contributed by atoms with Gasteiger partial charge < -0.3 is 4.74 Å². The fourth-order valence-electron chi connectivity index (χ4n) is 2.37. The van der Waals surface area contributed by atoms with Crippen molar-refractivity contribution in [3.8, 4) is 0 Å². The number of aromatic nitrogens is 1. The number of hydrogen-bond acceptors (Lipinski definition) is 3. The SMILES string of the molecule is CC=Cc1nc2cc(C(F)(F)F)ccc2c(C)c1C(=O)OCC. The van der Waals surface area contributed by atoms with E-state index in [1.807, 2.05) is 0 Å². The van der Waals surface area contributed by atoms with Crippen LogP contribution < -0.4 is 0 Å². The second-order valence-electron chi connectivity index (χ2n) is 4.95. The molecule has 2 rings (SSSR count). The Bertz CT molecular complexity index is 779. The molecule has 1 aromatic heterocycles. The fraction of sp³-hybridized carbons (Fsp3) is 0.294. The fourth-order valence-corrected chi connectivity index (χ4v) is 2.37. The predicted octanol–water partition coefficient (Wildman–Crippen LogP) is 4.77. The Labute approximate surface area is 131 Å². The quantitative estimate of drug-likeness (QED) is 0.764. The number of halogens is 3. The van der Waals surface area contributed by atoms with E-state index in [0.29, 0.717) is 16.6 Å². The molecule has 122 valence electrons. The summed E-state index contributed by atoms with van der Waals surface area (Å²) in [5, 5.41) is 0.495. The van der Waals surface area contributed by atoms with Crippen LogP contribution in [-0.4, -0.2) is 17.6 Å². The zero-order chi connectivity index (χ0) is 17.2. The first kappa shape index (κ1) is 17.0. The van der Waals surface area contributed by atoms with E-state index in [0.717, 1.165) is 12.1 Å². The molecule has 0 atom stereocenters. The van der Waals surface area contributed by atoms with Gasteiger partial charge in [-0.2, -0.15) is 13.2 Å². The van der Waals surface area contributed by atoms with Gasteiger partial charge in [0.05, 0.1) is 28.9 Å². The first-order valence-corrected chi connectivity index (χ1v) is 7.11. The van der Waals surface area contributed by atoms with Crippen molar-refractivity contribution in [2.24, 2.45) is 0 Å². The highest BCUT2D eigenvalue weighted by Gasteiger charge is 2.31. The molecule has 23 heavy (non-hydrogen) atoms. The number of carbonyl (C=O) groups excluding carboxylic acids is 1. The van der Waals surface area contributed by atoms with Crippen LogP contribution in [-0.2, 0) is 10.9 Å². The maximum absolute atomic E-state index is 12.9. The van der Waals surface area contributed by atoms with Crippen LogP contribution in [0.3, 0.4) is 0 Å². The van der Waals surface area contributed by atoms with E-state index in [9.17, 15) is 18.0 Å². The number of esters is 1. The highest BCUT2D eigenvalue weighted by atomic mass is 19.4. The van der Waals surface area contributed by atoms with E-state index >= 15 is 0 Å². The van der Waals surface area contributed by atoms with Crippen molar-refractivity contribution >= 4 is 22.9 Å². The molecular formula is C17H16F3NO2. The zero-order valence-corrected chi connectivity index (χ0v) is 13.0. The van der Waals surface area contributed by atoms with E-state index in [-0.39, 0.29) is 17.7 Å². The monoisotopic (exact) mass is 323 g/mol. The Balaban J connectivity index is 2.76. The lowest BCUT2D eigenvalue weighted by Gasteiger charge is -2.13. The molecular weight excluding hydrogens is 307 g/mol. The van der Waals surface area contributed by atoms with E-state index in [2.05, 4.69) is 4.98 Å². The van der Waals surface area contributed by atoms with Crippen LogP contribution in [0.2, 0.25) is 0 Å². The molecule has 3 nitrogen and oxygen atoms in total. The number of allylic oxidation sites excluding steroid dienone is 1. The number of pyridine rings is 1. The van der Waals surface area contributed by atoms with Crippen molar-refractivity contribution in [2.75, 3.05) is 6.61 Å². The molecule has 0 aliphatic heterocycles. The highest BCUT2D eigenvalue weighted by Crippen LogP contribution is 2.33. The first-order valence-electron chi connectivity index (χ1n) is 7.11. The summed E-state index contributed by atoms with van der Waals surface area (Å²) in [5.74, 6) is -0.535. The molecule has 0 spiro atoms. The molecule has 2 aromatic rings. The first-order chi connectivity index (χ1) is 10.8. The number of fused-ring (bicyclic) bond motifs is 1. The Morgan fingerprint density at radius 1 is 1.35 bits per heavy atom. The molecule has 0 bridgehead atoms. The van der Waals surface area contributed by atoms with Crippen LogP contribution in [0.5, 0.6) is 0 Å². The number of benzene rings is 1. The van der Waals surface area contributed by atoms with Crippen LogP contribution in [0.4, 0.5) is 13.2 Å². The van der Waals surface area contributed by atoms with E-state index in [4.69, 9.17) is 4.74 Å². The second-order valence-corrected chi connectivity index (χ2v) is 4.95. The summed E-state index contributed by atoms with van der Waals surface area (Å²) >= 11 is 0. The Kier molecular flexibility index (Phi) is 4.73. The largest absolute Gasteiger partial charge is 0.462 e. The third-order valence-corrected chi connectivity index (χ3v) is 3.41. The summed E-state index contributed by atoms with van der Waals surface area (Å²) < 4.78 is 43.6. The molecule has 0 saturated heterocycles. The number of carbonyl (C=O) groups is 1. The molecule has 0 unspecified atom stereocenters. The maximum atomic E-state index is 12.9. The van der Waals surface area contributed by atoms with Gasteiger partial charge in [-0.15, -0.1) is 0 Å². The number of nitrogens with zero attached hydrogens (tertiary/aromatic N) is 1. The van der Waals surface area contributed by atoms with E-state index in [1.54, 1.807) is 32.9 Å². The minimum atomic E-state index is -4.44. The van der Waals surface area contributed by atoms with Crippen LogP contribution in [0.15, 0.2) is 24.3 Å². The van der Waals surface area contributed by atoms with Gasteiger partial charge in [0.2, 0.25) is 0 Å². The van der Waals surface area contributed by atoms with Crippen molar-refractivity contribution in [1.82, 2.24) is 4.98 Å². The molecule has 0 radical (unpaired) electrons. The lowest BCUT2D eigenvalue weighted by atomic mass is 10.00. The summed E-state index contributed by atoms with van der Waals surface area (Å²) in [6.07, 6.45) is -1.19. The molecule has 0 aliphatic carbocycles. The van der Waals surface area contributed by atoms with Crippen LogP contribution in [0, 0.1) is 6.92 Å². The van der Waals surface area contributed by atoms with Crippen LogP contribution in [0.1, 0.15) is 41.0 Å². The molecule has 0 fully saturated rings. The van der Waals surface area contributed by atoms with Crippen molar-refractivity contribution in [3.05, 3.63) is 46.7 Å². The second kappa shape index (κ2) is 6.40. The Morgan fingerprint density at radius 3 is 2.61 bits per heavy atom. The average molecular weight is 323 g/mol. The van der Waals surface area contributed by atoms with Crippen molar-refractivity contribution in [3.63, 3.8) is 0 Å². The standard InChI is InChI=1S/C17H16F3NO2/c1-4-6-13-15(16(22)23-5-2)10(3)12-8-7-11(17(18,19)20)9-14(12)21-13/h4,6-9H,5H2,1-3H3. The topological polar surface area (TPSA) is 39.2 Å². The minimum absolute atomic E-state index is 0.193. The number of rotatable bonds is 3. The van der Waals surface area contributed by atoms with Gasteiger partial charge in [0.1, 0.15) is 0 Å². The van der Waals surface area contributed by atoms with Crippen LogP contribution in [0.25, 0.3) is 17.0 Å². The Morgan fingerprint density at radius 2 is 2.04 bits per heavy atom. The number of alkyl halides is 3. The lowest BCUT2D eigenvalue weighted by molar-refractivity contribution is -0.137. The molecule has 0 amide bonds. The molecule has 0 N–H and O–H groups in total. The third-order valence-electron chi connectivity index (χ3n) is 3.41. The van der Waals surface area contributed by atoms with Gasteiger partial charge in [-0.3, -0.25) is 0 Å². The summed E-state index contributed by atoms with van der Waals surface area (Å²) in [7, 11) is 0. The number of aryl methyl sites for hydroxylation is 1. The number of hydrogen-bond donors (Lipinski definition) is 0. The van der Waals surface area contributed by atoms with Crippen molar-refractivity contribution in [2.45, 2.75) is 26.9 Å². The molecule has 0 saturated carbocycles. The number of ether oxygens (including phenoxy) is 1. The summed E-state index contributed by atoms with van der Waals surface area (Å²) in [5.41, 5.74) is 0.549. The smallest absolute Gasteiger partial charge is 0.416 e. The minimum Gasteiger partial charge on any atom is -0.462 e. The van der Waals surface area contributed by atoms with Gasteiger partial charge in [-0.1, -0.05) is 12.1 Å². The van der Waals surface area contributed by atoms with Gasteiger partial charge in [-0.05, 0) is 44.5 Å². The van der Waals surface area contributed by atoms with Crippen LogP contribution >= 0.6 is 0 Å². The average Bonchev–Trinajstić information content (AvgIpc) is 2.46. The molecule has 1 aromatic carbocycles. The zero-order valence-electron chi connectivity index (χ0n) is 13.0. The Hall–Kier alpha value is -2.37. The third kappa shape index (κ3) is 3.36. The summed E-state index contributed by atoms with van der Waals surface area (Å²) in [6, 6.07) is 3.31. The van der Waals surface area contributed by atoms with E-state index < -0.39 is 17.7 Å². The molecule has 0 aliphatic rings. The molecule has 1 heterocycles. The van der Waals surface area contributed by atoms with Gasteiger partial charge in [0.25, 0.3) is 0 Å². The maximum Gasteiger partial charge on any atom is 0.416 e. The molecule has 6 heteroatoms. The van der Waals surface area contributed by atoms with Crippen molar-refractivity contribution < 1.29 is 22.7 Å². The van der Waals surface area contributed by atoms with Gasteiger partial charge >= 0.3 is 12.1 Å². The summed E-state index contributed by atoms with van der Waals surface area (Å²) in [6.45, 7) is 5.31.